The lowest BCUT2D eigenvalue weighted by molar-refractivity contribution is -0.153. The van der Waals surface area contributed by atoms with Gasteiger partial charge in [0.05, 0.1) is 5.52 Å². The van der Waals surface area contributed by atoms with E-state index < -0.39 is 29.8 Å². The van der Waals surface area contributed by atoms with Crippen LogP contribution in [0, 0.1) is 0 Å². The minimum atomic E-state index is -1.92. The summed E-state index contributed by atoms with van der Waals surface area (Å²) in [6.45, 7) is 0. The number of carboxylic acids is 2. The van der Waals surface area contributed by atoms with Gasteiger partial charge in [-0.05, 0) is 36.2 Å². The number of hydrogen-bond acceptors (Lipinski definition) is 8. The van der Waals surface area contributed by atoms with Crippen LogP contribution in [0.25, 0.3) is 10.9 Å². The number of fused-ring (bicyclic) bond motifs is 1. The number of aromatic nitrogens is 2. The zero-order valence-corrected chi connectivity index (χ0v) is 17.9. The van der Waals surface area contributed by atoms with Crippen LogP contribution in [0.4, 0.5) is 11.8 Å². The number of nitrogens with zero attached hydrogens (tertiary/aromatic N) is 3. The Morgan fingerprint density at radius 3 is 2.36 bits per heavy atom. The Morgan fingerprint density at radius 2 is 1.76 bits per heavy atom. The lowest BCUT2D eigenvalue weighted by Crippen LogP contribution is -2.63. The Hall–Kier alpha value is -4.25. The van der Waals surface area contributed by atoms with E-state index in [-0.39, 0.29) is 30.2 Å². The molecule has 0 bridgehead atoms. The van der Waals surface area contributed by atoms with Gasteiger partial charge in [-0.25, -0.2) is 15.2 Å². The Labute approximate surface area is 189 Å². The summed E-state index contributed by atoms with van der Waals surface area (Å²) < 4.78 is 0. The summed E-state index contributed by atoms with van der Waals surface area (Å²) in [4.78, 5) is 45.3. The number of hydrazine groups is 1. The molecule has 3 aromatic rings. The molecule has 11 heteroatoms. The Balaban J connectivity index is 2.11. The van der Waals surface area contributed by atoms with Crippen LogP contribution in [0.3, 0.4) is 0 Å². The highest BCUT2D eigenvalue weighted by Gasteiger charge is 2.47. The maximum atomic E-state index is 13.3. The third-order valence-corrected chi connectivity index (χ3v) is 5.33. The van der Waals surface area contributed by atoms with Crippen molar-refractivity contribution < 1.29 is 24.6 Å². The second kappa shape index (κ2) is 9.49. The first-order valence-electron chi connectivity index (χ1n) is 10.0. The third-order valence-electron chi connectivity index (χ3n) is 5.33. The van der Waals surface area contributed by atoms with Gasteiger partial charge in [-0.3, -0.25) is 14.6 Å². The van der Waals surface area contributed by atoms with Crippen LogP contribution < -0.4 is 16.9 Å². The maximum absolute atomic E-state index is 13.3. The molecule has 0 radical (unpaired) electrons. The van der Waals surface area contributed by atoms with Crippen LogP contribution in [0.2, 0.25) is 0 Å². The summed E-state index contributed by atoms with van der Waals surface area (Å²) in [5.74, 6) is -3.03. The number of rotatable bonds is 9. The molecule has 1 atom stereocenters. The zero-order chi connectivity index (χ0) is 24.2. The van der Waals surface area contributed by atoms with Gasteiger partial charge >= 0.3 is 11.9 Å². The van der Waals surface area contributed by atoms with Gasteiger partial charge in [0.2, 0.25) is 5.95 Å². The van der Waals surface area contributed by atoms with Crippen molar-refractivity contribution in [1.82, 2.24) is 20.4 Å². The maximum Gasteiger partial charge on any atom is 0.331 e. The average molecular weight is 452 g/mol. The van der Waals surface area contributed by atoms with Crippen molar-refractivity contribution in [3.8, 4) is 0 Å². The fraction of sp³-hybridized carbons (Fsp3) is 0.227. The second-order valence-corrected chi connectivity index (χ2v) is 7.46. The molecule has 0 unspecified atom stereocenters. The van der Waals surface area contributed by atoms with Crippen molar-refractivity contribution >= 4 is 40.5 Å². The zero-order valence-electron chi connectivity index (χ0n) is 17.9. The van der Waals surface area contributed by atoms with Crippen LogP contribution in [0.15, 0.2) is 48.5 Å². The number of nitrogens with one attached hydrogen (secondary N) is 1. The molecule has 0 fully saturated rings. The van der Waals surface area contributed by atoms with E-state index in [1.165, 1.54) is 7.05 Å². The summed E-state index contributed by atoms with van der Waals surface area (Å²) in [6, 6.07) is 13.0. The molecule has 0 saturated heterocycles. The van der Waals surface area contributed by atoms with Gasteiger partial charge in [0.15, 0.2) is 5.54 Å². The Kier molecular flexibility index (Phi) is 6.73. The molecular weight excluding hydrogens is 428 g/mol. The van der Waals surface area contributed by atoms with Crippen LogP contribution in [0.5, 0.6) is 0 Å². The molecule has 3 rings (SSSR count). The molecule has 0 aliphatic rings. The SMILES string of the molecule is CNN(C(=O)c1ccccc1)[C@](CCC(=O)O)(Cc1ccc2nc(N)nc(N)c2c1)C(=O)O. The van der Waals surface area contributed by atoms with E-state index in [9.17, 15) is 24.6 Å². The van der Waals surface area contributed by atoms with E-state index in [2.05, 4.69) is 15.4 Å². The quantitative estimate of drug-likeness (QED) is 0.296. The van der Waals surface area contributed by atoms with Crippen molar-refractivity contribution in [2.75, 3.05) is 18.5 Å². The summed E-state index contributed by atoms with van der Waals surface area (Å²) in [5.41, 5.74) is 13.6. The van der Waals surface area contributed by atoms with Gasteiger partial charge in [0.1, 0.15) is 5.82 Å². The minimum Gasteiger partial charge on any atom is -0.481 e. The van der Waals surface area contributed by atoms with Gasteiger partial charge in [-0.1, -0.05) is 24.3 Å². The van der Waals surface area contributed by atoms with Crippen molar-refractivity contribution in [3.63, 3.8) is 0 Å². The number of aliphatic carboxylic acids is 2. The Bertz CT molecular complexity index is 1200. The van der Waals surface area contributed by atoms with Crippen LogP contribution in [-0.4, -0.2) is 55.6 Å². The number of anilines is 2. The number of nitrogens with two attached hydrogens (primary N) is 2. The standard InChI is InChI=1S/C22H24N6O5/c1-25-28(19(31)14-5-3-2-4-6-14)22(20(32)33,10-9-17(29)30)12-13-7-8-16-15(11-13)18(23)27-21(24)26-16/h2-8,11,25H,9-10,12H2,1H3,(H,29,30)(H,32,33)(H4,23,24,26,27)/t22-/m1/s1. The van der Waals surface area contributed by atoms with Crippen LogP contribution >= 0.6 is 0 Å². The third kappa shape index (κ3) is 4.83. The summed E-state index contributed by atoms with van der Waals surface area (Å²) in [5, 5.41) is 21.0. The van der Waals surface area contributed by atoms with Crippen LogP contribution in [0.1, 0.15) is 28.8 Å². The molecule has 11 nitrogen and oxygen atoms in total. The molecule has 7 N–H and O–H groups in total. The fourth-order valence-corrected chi connectivity index (χ4v) is 3.76. The van der Waals surface area contributed by atoms with E-state index in [1.807, 2.05) is 0 Å². The predicted molar refractivity (Wildman–Crippen MR) is 121 cm³/mol. The lowest BCUT2D eigenvalue weighted by Gasteiger charge is -2.40. The monoisotopic (exact) mass is 452 g/mol. The molecular formula is C22H24N6O5. The molecule has 1 heterocycles. The topological polar surface area (TPSA) is 185 Å². The summed E-state index contributed by atoms with van der Waals surface area (Å²) in [6.07, 6.45) is -1.01. The first-order chi connectivity index (χ1) is 15.7. The van der Waals surface area contributed by atoms with E-state index >= 15 is 0 Å². The molecule has 2 aromatic carbocycles. The molecule has 0 spiro atoms. The van der Waals surface area contributed by atoms with E-state index in [0.717, 1.165) is 5.01 Å². The molecule has 0 aliphatic heterocycles. The lowest BCUT2D eigenvalue weighted by atomic mass is 9.84. The second-order valence-electron chi connectivity index (χ2n) is 7.46. The number of carbonyl (C=O) groups excluding carboxylic acids is 1. The molecule has 0 aliphatic carbocycles. The number of carboxylic acid groups (broad SMARTS) is 2. The number of hydrogen-bond donors (Lipinski definition) is 5. The van der Waals surface area contributed by atoms with Gasteiger partial charge in [-0.15, -0.1) is 0 Å². The fourth-order valence-electron chi connectivity index (χ4n) is 3.76. The van der Waals surface area contributed by atoms with Crippen molar-refractivity contribution in [2.24, 2.45) is 0 Å². The number of amides is 1. The van der Waals surface area contributed by atoms with E-state index in [4.69, 9.17) is 11.5 Å². The molecule has 172 valence electrons. The van der Waals surface area contributed by atoms with Crippen LogP contribution in [-0.2, 0) is 16.0 Å². The highest BCUT2D eigenvalue weighted by molar-refractivity contribution is 5.98. The molecule has 33 heavy (non-hydrogen) atoms. The van der Waals surface area contributed by atoms with Gasteiger partial charge in [0.25, 0.3) is 5.91 Å². The largest absolute Gasteiger partial charge is 0.481 e. The number of benzene rings is 2. The summed E-state index contributed by atoms with van der Waals surface area (Å²) in [7, 11) is 1.41. The first-order valence-corrected chi connectivity index (χ1v) is 10.0. The van der Waals surface area contributed by atoms with Gasteiger partial charge < -0.3 is 21.7 Å². The number of nitrogen functional groups attached to an aromatic ring is 2. The first kappa shape index (κ1) is 23.4. The molecule has 1 aromatic heterocycles. The average Bonchev–Trinajstić information content (AvgIpc) is 2.78. The smallest absolute Gasteiger partial charge is 0.331 e. The minimum absolute atomic E-state index is 0.00362. The predicted octanol–water partition coefficient (Wildman–Crippen LogP) is 1.30. The number of carbonyl (C=O) groups is 3. The van der Waals surface area contributed by atoms with E-state index in [0.29, 0.717) is 16.5 Å². The molecule has 1 amide bonds. The highest BCUT2D eigenvalue weighted by atomic mass is 16.4. The van der Waals surface area contributed by atoms with Crippen molar-refractivity contribution in [1.29, 1.82) is 0 Å². The van der Waals surface area contributed by atoms with Crippen molar-refractivity contribution in [3.05, 3.63) is 59.7 Å². The summed E-state index contributed by atoms with van der Waals surface area (Å²) >= 11 is 0. The van der Waals surface area contributed by atoms with Gasteiger partial charge in [0, 0.05) is 30.8 Å². The van der Waals surface area contributed by atoms with Gasteiger partial charge in [-0.2, -0.15) is 4.98 Å². The highest BCUT2D eigenvalue weighted by Crippen LogP contribution is 2.30. The van der Waals surface area contributed by atoms with E-state index in [1.54, 1.807) is 48.5 Å². The van der Waals surface area contributed by atoms with Crippen molar-refractivity contribution in [2.45, 2.75) is 24.8 Å². The Morgan fingerprint density at radius 1 is 1.06 bits per heavy atom. The normalized spacial score (nSPS) is 12.8. The molecule has 0 saturated carbocycles.